The first-order valence-electron chi connectivity index (χ1n) is 6.70. The summed E-state index contributed by atoms with van der Waals surface area (Å²) in [4.78, 5) is 2.03. The van der Waals surface area contributed by atoms with E-state index in [-0.39, 0.29) is 5.02 Å². The summed E-state index contributed by atoms with van der Waals surface area (Å²) in [7, 11) is 0. The van der Waals surface area contributed by atoms with Crippen LogP contribution in [0.5, 0.6) is 0 Å². The lowest BCUT2D eigenvalue weighted by molar-refractivity contribution is 0.628. The monoisotopic (exact) mass is 292 g/mol. The van der Waals surface area contributed by atoms with Crippen LogP contribution >= 0.6 is 11.6 Å². The first-order valence-corrected chi connectivity index (χ1v) is 7.08. The topological polar surface area (TPSA) is 29.3 Å². The Kier molecular flexibility index (Phi) is 4.85. The van der Waals surface area contributed by atoms with E-state index in [1.54, 1.807) is 0 Å². The van der Waals surface area contributed by atoms with Crippen molar-refractivity contribution in [3.05, 3.63) is 53.3 Å². The standard InChI is InChI=1S/C16H18ClFN2/c1-2-3-9-20(12-7-5-4-6-8-12)16-11-14(18)13(17)10-15(16)19/h4-8,10-11H,2-3,9,19H2,1H3. The van der Waals surface area contributed by atoms with E-state index in [1.807, 2.05) is 35.2 Å². The lowest BCUT2D eigenvalue weighted by atomic mass is 10.2. The molecule has 2 nitrogen and oxygen atoms in total. The second-order valence-electron chi connectivity index (χ2n) is 4.67. The Labute approximate surface area is 124 Å². The highest BCUT2D eigenvalue weighted by Crippen LogP contribution is 2.34. The summed E-state index contributed by atoms with van der Waals surface area (Å²) in [5, 5.41) is 0.0507. The lowest BCUT2D eigenvalue weighted by Crippen LogP contribution is -2.19. The van der Waals surface area contributed by atoms with Crippen LogP contribution in [0.4, 0.5) is 21.5 Å². The Hall–Kier alpha value is -1.74. The van der Waals surface area contributed by atoms with Crippen molar-refractivity contribution in [1.82, 2.24) is 0 Å². The number of nitrogen functional groups attached to an aromatic ring is 1. The van der Waals surface area contributed by atoms with Gasteiger partial charge in [0, 0.05) is 18.3 Å². The molecule has 0 aliphatic rings. The van der Waals surface area contributed by atoms with Gasteiger partial charge in [-0.05, 0) is 24.6 Å². The van der Waals surface area contributed by atoms with Gasteiger partial charge >= 0.3 is 0 Å². The van der Waals surface area contributed by atoms with Crippen molar-refractivity contribution in [2.75, 3.05) is 17.2 Å². The Bertz CT molecular complexity index is 572. The maximum absolute atomic E-state index is 13.7. The molecule has 0 radical (unpaired) electrons. The van der Waals surface area contributed by atoms with Gasteiger partial charge in [0.05, 0.1) is 16.4 Å². The van der Waals surface area contributed by atoms with Gasteiger partial charge in [-0.15, -0.1) is 0 Å². The zero-order valence-electron chi connectivity index (χ0n) is 11.4. The van der Waals surface area contributed by atoms with E-state index in [9.17, 15) is 4.39 Å². The predicted octanol–water partition coefficient (Wildman–Crippen LogP) is 5.00. The molecule has 0 saturated heterocycles. The molecule has 2 N–H and O–H groups in total. The number of benzene rings is 2. The minimum atomic E-state index is -0.451. The molecule has 20 heavy (non-hydrogen) atoms. The molecule has 2 aromatic rings. The number of rotatable bonds is 5. The smallest absolute Gasteiger partial charge is 0.144 e. The first kappa shape index (κ1) is 14.7. The average molecular weight is 293 g/mol. The van der Waals surface area contributed by atoms with Gasteiger partial charge < -0.3 is 10.6 Å². The molecule has 0 spiro atoms. The summed E-state index contributed by atoms with van der Waals surface area (Å²) in [6.07, 6.45) is 2.05. The molecule has 0 aliphatic heterocycles. The SMILES string of the molecule is CCCCN(c1ccccc1)c1cc(F)c(Cl)cc1N. The molecule has 0 atom stereocenters. The minimum Gasteiger partial charge on any atom is -0.397 e. The summed E-state index contributed by atoms with van der Waals surface area (Å²) in [6.45, 7) is 2.90. The fourth-order valence-electron chi connectivity index (χ4n) is 2.10. The zero-order valence-corrected chi connectivity index (χ0v) is 12.2. The van der Waals surface area contributed by atoms with E-state index < -0.39 is 5.82 Å². The van der Waals surface area contributed by atoms with Crippen molar-refractivity contribution in [2.24, 2.45) is 0 Å². The number of para-hydroxylation sites is 1. The molecule has 0 fully saturated rings. The molecule has 2 aromatic carbocycles. The van der Waals surface area contributed by atoms with Crippen LogP contribution in [0.25, 0.3) is 0 Å². The number of anilines is 3. The third kappa shape index (κ3) is 3.23. The minimum absolute atomic E-state index is 0.0507. The molecule has 0 unspecified atom stereocenters. The first-order chi connectivity index (χ1) is 9.63. The van der Waals surface area contributed by atoms with Crippen LogP contribution < -0.4 is 10.6 Å². The molecular formula is C16H18ClFN2. The van der Waals surface area contributed by atoms with Gasteiger partial charge in [0.2, 0.25) is 0 Å². The van der Waals surface area contributed by atoms with Gasteiger partial charge in [-0.2, -0.15) is 0 Å². The van der Waals surface area contributed by atoms with Gasteiger partial charge in [-0.3, -0.25) is 0 Å². The maximum Gasteiger partial charge on any atom is 0.144 e. The van der Waals surface area contributed by atoms with Crippen molar-refractivity contribution in [2.45, 2.75) is 19.8 Å². The van der Waals surface area contributed by atoms with Crippen LogP contribution in [0.15, 0.2) is 42.5 Å². The highest BCUT2D eigenvalue weighted by Gasteiger charge is 2.14. The van der Waals surface area contributed by atoms with E-state index in [0.717, 1.165) is 25.1 Å². The number of unbranched alkanes of at least 4 members (excludes halogenated alkanes) is 1. The van der Waals surface area contributed by atoms with Crippen molar-refractivity contribution in [3.63, 3.8) is 0 Å². The van der Waals surface area contributed by atoms with Crippen LogP contribution in [-0.4, -0.2) is 6.54 Å². The molecule has 0 heterocycles. The van der Waals surface area contributed by atoms with E-state index in [0.29, 0.717) is 11.4 Å². The summed E-state index contributed by atoms with van der Waals surface area (Å²) in [6, 6.07) is 12.7. The second-order valence-corrected chi connectivity index (χ2v) is 5.07. The highest BCUT2D eigenvalue weighted by molar-refractivity contribution is 6.31. The molecule has 0 aromatic heterocycles. The van der Waals surface area contributed by atoms with E-state index >= 15 is 0 Å². The fraction of sp³-hybridized carbons (Fsp3) is 0.250. The van der Waals surface area contributed by atoms with Crippen LogP contribution in [0.1, 0.15) is 19.8 Å². The van der Waals surface area contributed by atoms with Gasteiger partial charge in [0.15, 0.2) is 0 Å². The normalized spacial score (nSPS) is 10.6. The third-order valence-electron chi connectivity index (χ3n) is 3.16. The molecule has 2 rings (SSSR count). The molecule has 4 heteroatoms. The lowest BCUT2D eigenvalue weighted by Gasteiger charge is -2.26. The number of hydrogen-bond acceptors (Lipinski definition) is 2. The Morgan fingerprint density at radius 2 is 1.90 bits per heavy atom. The highest BCUT2D eigenvalue weighted by atomic mass is 35.5. The summed E-state index contributed by atoms with van der Waals surface area (Å²) in [5.41, 5.74) is 8.14. The largest absolute Gasteiger partial charge is 0.397 e. The molecule has 0 amide bonds. The number of nitrogens with two attached hydrogens (primary N) is 1. The Balaban J connectivity index is 2.44. The molecule has 0 aliphatic carbocycles. The predicted molar refractivity (Wildman–Crippen MR) is 84.2 cm³/mol. The Morgan fingerprint density at radius 1 is 1.20 bits per heavy atom. The zero-order chi connectivity index (χ0) is 14.5. The second kappa shape index (κ2) is 6.62. The maximum atomic E-state index is 13.7. The van der Waals surface area contributed by atoms with Crippen LogP contribution in [0.3, 0.4) is 0 Å². The van der Waals surface area contributed by atoms with Crippen LogP contribution in [0.2, 0.25) is 5.02 Å². The number of halogens is 2. The summed E-state index contributed by atoms with van der Waals surface area (Å²) in [5.74, 6) is -0.451. The molecule has 0 bridgehead atoms. The summed E-state index contributed by atoms with van der Waals surface area (Å²) >= 11 is 5.77. The van der Waals surface area contributed by atoms with E-state index in [2.05, 4.69) is 6.92 Å². The Morgan fingerprint density at radius 3 is 2.55 bits per heavy atom. The molecule has 0 saturated carbocycles. The fourth-order valence-corrected chi connectivity index (χ4v) is 2.27. The molecular weight excluding hydrogens is 275 g/mol. The number of nitrogens with zero attached hydrogens (tertiary/aromatic N) is 1. The van der Waals surface area contributed by atoms with Gasteiger partial charge in [0.25, 0.3) is 0 Å². The third-order valence-corrected chi connectivity index (χ3v) is 3.45. The van der Waals surface area contributed by atoms with Gasteiger partial charge in [-0.1, -0.05) is 43.1 Å². The van der Waals surface area contributed by atoms with Gasteiger partial charge in [-0.25, -0.2) is 4.39 Å². The van der Waals surface area contributed by atoms with Crippen molar-refractivity contribution in [1.29, 1.82) is 0 Å². The van der Waals surface area contributed by atoms with E-state index in [4.69, 9.17) is 17.3 Å². The van der Waals surface area contributed by atoms with Crippen molar-refractivity contribution in [3.8, 4) is 0 Å². The van der Waals surface area contributed by atoms with E-state index in [1.165, 1.54) is 12.1 Å². The van der Waals surface area contributed by atoms with Crippen molar-refractivity contribution < 1.29 is 4.39 Å². The molecule has 106 valence electrons. The van der Waals surface area contributed by atoms with Crippen LogP contribution in [0, 0.1) is 5.82 Å². The average Bonchev–Trinajstić information content (AvgIpc) is 2.45. The summed E-state index contributed by atoms with van der Waals surface area (Å²) < 4.78 is 13.7. The quantitative estimate of drug-likeness (QED) is 0.786. The number of hydrogen-bond donors (Lipinski definition) is 1. The van der Waals surface area contributed by atoms with Crippen LogP contribution in [-0.2, 0) is 0 Å². The van der Waals surface area contributed by atoms with Crippen molar-refractivity contribution >= 4 is 28.7 Å². The van der Waals surface area contributed by atoms with Gasteiger partial charge in [0.1, 0.15) is 5.82 Å².